The zero-order chi connectivity index (χ0) is 18.5. The Morgan fingerprint density at radius 3 is 2.42 bits per heavy atom. The van der Waals surface area contributed by atoms with Crippen LogP contribution in [0.15, 0.2) is 42.5 Å². The molecule has 2 aromatic rings. The molecule has 1 N–H and O–H groups in total. The van der Waals surface area contributed by atoms with Crippen LogP contribution in [0.2, 0.25) is 0 Å². The van der Waals surface area contributed by atoms with E-state index in [4.69, 9.17) is 0 Å². The molecule has 0 aliphatic carbocycles. The van der Waals surface area contributed by atoms with Gasteiger partial charge >= 0.3 is 0 Å². The summed E-state index contributed by atoms with van der Waals surface area (Å²) < 4.78 is 0. The van der Waals surface area contributed by atoms with Crippen LogP contribution in [0.3, 0.4) is 0 Å². The van der Waals surface area contributed by atoms with Gasteiger partial charge in [-0.1, -0.05) is 30.3 Å². The minimum atomic E-state index is -0.454. The number of nitrogens with one attached hydrogen (secondary N) is 1. The van der Waals surface area contributed by atoms with Gasteiger partial charge in [-0.15, -0.1) is 11.3 Å². The molecule has 0 saturated carbocycles. The van der Waals surface area contributed by atoms with Gasteiger partial charge in [-0.3, -0.25) is 14.5 Å². The van der Waals surface area contributed by atoms with Crippen LogP contribution in [0, 0.1) is 0 Å². The van der Waals surface area contributed by atoms with Gasteiger partial charge in [-0.2, -0.15) is 0 Å². The number of thiophene rings is 1. The third-order valence-corrected chi connectivity index (χ3v) is 5.69. The summed E-state index contributed by atoms with van der Waals surface area (Å²) in [4.78, 5) is 30.3. The Labute approximate surface area is 158 Å². The predicted octanol–water partition coefficient (Wildman–Crippen LogP) is 2.58. The average molecular weight is 372 g/mol. The highest BCUT2D eigenvalue weighted by Gasteiger charge is 2.25. The highest BCUT2D eigenvalue weighted by Crippen LogP contribution is 2.28. The lowest BCUT2D eigenvalue weighted by atomic mass is 10.2. The van der Waals surface area contributed by atoms with Crippen LogP contribution in [-0.2, 0) is 16.1 Å². The number of hydrogen-bond acceptors (Lipinski definition) is 4. The number of carbonyl (C=O) groups excluding carboxylic acids is 2. The molecule has 0 unspecified atom stereocenters. The molecule has 2 heterocycles. The maximum Gasteiger partial charge on any atom is 0.244 e. The molecule has 1 aromatic carbocycles. The summed E-state index contributed by atoms with van der Waals surface area (Å²) >= 11 is 1.83. The SMILES string of the molecule is CC(=O)N[C@H](C)C(=O)N1CCN(Cc2ccc(-c3ccccc3)s2)CC1. The maximum absolute atomic E-state index is 12.4. The molecule has 3 rings (SSSR count). The minimum absolute atomic E-state index is 0.00216. The van der Waals surface area contributed by atoms with Crippen LogP contribution in [0.4, 0.5) is 0 Å². The Kier molecular flexibility index (Phi) is 6.06. The summed E-state index contributed by atoms with van der Waals surface area (Å²) in [6.45, 7) is 7.23. The van der Waals surface area contributed by atoms with Crippen molar-refractivity contribution in [2.24, 2.45) is 0 Å². The van der Waals surface area contributed by atoms with Crippen LogP contribution in [0.5, 0.6) is 0 Å². The number of hydrogen-bond donors (Lipinski definition) is 1. The lowest BCUT2D eigenvalue weighted by Crippen LogP contribution is -2.53. The second-order valence-corrected chi connectivity index (χ2v) is 7.82. The number of amides is 2. The second-order valence-electron chi connectivity index (χ2n) is 6.66. The van der Waals surface area contributed by atoms with E-state index in [1.165, 1.54) is 22.2 Å². The molecule has 1 aromatic heterocycles. The molecule has 0 spiro atoms. The first-order valence-corrected chi connectivity index (χ1v) is 9.77. The van der Waals surface area contributed by atoms with Crippen molar-refractivity contribution >= 4 is 23.2 Å². The largest absolute Gasteiger partial charge is 0.345 e. The highest BCUT2D eigenvalue weighted by atomic mass is 32.1. The molecule has 2 amide bonds. The molecule has 1 saturated heterocycles. The molecular formula is C20H25N3O2S. The number of carbonyl (C=O) groups is 2. The smallest absolute Gasteiger partial charge is 0.244 e. The van der Waals surface area contributed by atoms with Crippen LogP contribution < -0.4 is 5.32 Å². The van der Waals surface area contributed by atoms with Crippen LogP contribution in [0.1, 0.15) is 18.7 Å². The number of nitrogens with zero attached hydrogens (tertiary/aromatic N) is 2. The quantitative estimate of drug-likeness (QED) is 0.879. The van der Waals surface area contributed by atoms with Crippen molar-refractivity contribution in [2.75, 3.05) is 26.2 Å². The van der Waals surface area contributed by atoms with Crippen molar-refractivity contribution in [3.8, 4) is 10.4 Å². The van der Waals surface area contributed by atoms with Crippen molar-refractivity contribution in [3.05, 3.63) is 47.3 Å². The predicted molar refractivity (Wildman–Crippen MR) is 105 cm³/mol. The molecule has 1 fully saturated rings. The van der Waals surface area contributed by atoms with E-state index in [9.17, 15) is 9.59 Å². The molecular weight excluding hydrogens is 346 g/mol. The molecule has 1 atom stereocenters. The number of rotatable bonds is 5. The summed E-state index contributed by atoms with van der Waals surface area (Å²) in [6, 6.07) is 14.4. The number of benzene rings is 1. The van der Waals surface area contributed by atoms with Crippen LogP contribution >= 0.6 is 11.3 Å². The van der Waals surface area contributed by atoms with Gasteiger partial charge in [0.1, 0.15) is 6.04 Å². The third-order valence-electron chi connectivity index (χ3n) is 4.57. The second kappa shape index (κ2) is 8.47. The van der Waals surface area contributed by atoms with Crippen molar-refractivity contribution in [3.63, 3.8) is 0 Å². The summed E-state index contributed by atoms with van der Waals surface area (Å²) in [7, 11) is 0. The first-order valence-electron chi connectivity index (χ1n) is 8.95. The van der Waals surface area contributed by atoms with E-state index in [1.807, 2.05) is 22.3 Å². The Balaban J connectivity index is 1.51. The van der Waals surface area contributed by atoms with Gasteiger partial charge in [0.05, 0.1) is 0 Å². The Morgan fingerprint density at radius 2 is 1.77 bits per heavy atom. The molecule has 1 aliphatic rings. The fourth-order valence-corrected chi connectivity index (χ4v) is 4.26. The Hall–Kier alpha value is -2.18. The van der Waals surface area contributed by atoms with Gasteiger partial charge in [0.15, 0.2) is 0 Å². The van der Waals surface area contributed by atoms with E-state index in [0.717, 1.165) is 19.6 Å². The Morgan fingerprint density at radius 1 is 1.08 bits per heavy atom. The molecule has 138 valence electrons. The Bertz CT molecular complexity index is 751. The normalized spacial score (nSPS) is 16.3. The lowest BCUT2D eigenvalue weighted by Gasteiger charge is -2.35. The van der Waals surface area contributed by atoms with Crippen molar-refractivity contribution in [2.45, 2.75) is 26.4 Å². The van der Waals surface area contributed by atoms with Crippen molar-refractivity contribution in [1.82, 2.24) is 15.1 Å². The summed E-state index contributed by atoms with van der Waals surface area (Å²) in [6.07, 6.45) is 0. The summed E-state index contributed by atoms with van der Waals surface area (Å²) in [5, 5.41) is 2.67. The van der Waals surface area contributed by atoms with E-state index in [1.54, 1.807) is 6.92 Å². The van der Waals surface area contributed by atoms with Crippen molar-refractivity contribution < 1.29 is 9.59 Å². The monoisotopic (exact) mass is 371 g/mol. The van der Waals surface area contributed by atoms with Gasteiger partial charge < -0.3 is 10.2 Å². The molecule has 5 nitrogen and oxygen atoms in total. The average Bonchev–Trinajstić information content (AvgIpc) is 3.10. The molecule has 6 heteroatoms. The van der Waals surface area contributed by atoms with E-state index in [0.29, 0.717) is 13.1 Å². The molecule has 1 aliphatic heterocycles. The standard InChI is InChI=1S/C20H25N3O2S/c1-15(21-16(2)24)20(25)23-12-10-22(11-13-23)14-18-8-9-19(26-18)17-6-4-3-5-7-17/h3-9,15H,10-14H2,1-2H3,(H,21,24)/t15-/m1/s1. The third kappa shape index (κ3) is 4.71. The fraction of sp³-hybridized carbons (Fsp3) is 0.400. The topological polar surface area (TPSA) is 52.7 Å². The lowest BCUT2D eigenvalue weighted by molar-refractivity contribution is -0.137. The molecule has 0 radical (unpaired) electrons. The van der Waals surface area contributed by atoms with Gasteiger partial charge in [0.2, 0.25) is 11.8 Å². The van der Waals surface area contributed by atoms with Gasteiger partial charge in [-0.05, 0) is 24.6 Å². The first-order chi connectivity index (χ1) is 12.5. The highest BCUT2D eigenvalue weighted by molar-refractivity contribution is 7.15. The molecule has 0 bridgehead atoms. The van der Waals surface area contributed by atoms with E-state index in [2.05, 4.69) is 46.6 Å². The fourth-order valence-electron chi connectivity index (χ4n) is 3.21. The van der Waals surface area contributed by atoms with E-state index < -0.39 is 6.04 Å². The maximum atomic E-state index is 12.4. The summed E-state index contributed by atoms with van der Waals surface area (Å²) in [5.41, 5.74) is 1.26. The van der Waals surface area contributed by atoms with Crippen LogP contribution in [0.25, 0.3) is 10.4 Å². The number of piperazine rings is 1. The molecule has 26 heavy (non-hydrogen) atoms. The van der Waals surface area contributed by atoms with Crippen LogP contribution in [-0.4, -0.2) is 53.8 Å². The summed E-state index contributed by atoms with van der Waals surface area (Å²) in [5.74, 6) is -0.168. The van der Waals surface area contributed by atoms with Gasteiger partial charge in [0, 0.05) is 49.4 Å². The minimum Gasteiger partial charge on any atom is -0.345 e. The zero-order valence-corrected chi connectivity index (χ0v) is 16.1. The van der Waals surface area contributed by atoms with E-state index in [-0.39, 0.29) is 11.8 Å². The van der Waals surface area contributed by atoms with E-state index >= 15 is 0 Å². The van der Waals surface area contributed by atoms with Gasteiger partial charge in [-0.25, -0.2) is 0 Å². The van der Waals surface area contributed by atoms with Gasteiger partial charge in [0.25, 0.3) is 0 Å². The first kappa shape index (κ1) is 18.6. The van der Waals surface area contributed by atoms with Crippen molar-refractivity contribution in [1.29, 1.82) is 0 Å². The zero-order valence-electron chi connectivity index (χ0n) is 15.3.